The van der Waals surface area contributed by atoms with Gasteiger partial charge in [-0.25, -0.2) is 0 Å². The Morgan fingerprint density at radius 2 is 2.19 bits per heavy atom. The van der Waals surface area contributed by atoms with Crippen LogP contribution in [0.2, 0.25) is 0 Å². The van der Waals surface area contributed by atoms with Gasteiger partial charge in [-0.1, -0.05) is 0 Å². The van der Waals surface area contributed by atoms with Crippen molar-refractivity contribution in [3.63, 3.8) is 0 Å². The molecule has 110 valence electrons. The van der Waals surface area contributed by atoms with Crippen molar-refractivity contribution >= 4 is 34.2 Å². The van der Waals surface area contributed by atoms with Crippen LogP contribution in [0.3, 0.4) is 0 Å². The number of nitrogens with one attached hydrogen (secondary N) is 1. The van der Waals surface area contributed by atoms with Crippen LogP contribution in [0.4, 0.5) is 0 Å². The lowest BCUT2D eigenvalue weighted by molar-refractivity contribution is 0.0996. The molecule has 0 saturated heterocycles. The lowest BCUT2D eigenvalue weighted by atomic mass is 10.1. The van der Waals surface area contributed by atoms with Crippen LogP contribution in [0, 0.1) is 0 Å². The van der Waals surface area contributed by atoms with Crippen molar-refractivity contribution in [1.29, 1.82) is 0 Å². The number of rotatable bonds is 4. The van der Waals surface area contributed by atoms with Gasteiger partial charge in [-0.3, -0.25) is 10.2 Å². The maximum atomic E-state index is 11.5. The smallest absolute Gasteiger partial charge is 0.254 e. The highest BCUT2D eigenvalue weighted by Gasteiger charge is 2.10. The zero-order valence-electron chi connectivity index (χ0n) is 11.3. The van der Waals surface area contributed by atoms with E-state index in [4.69, 9.17) is 20.6 Å². The fourth-order valence-corrected chi connectivity index (χ4v) is 1.77. The van der Waals surface area contributed by atoms with E-state index in [1.165, 1.54) is 0 Å². The normalized spacial score (nSPS) is 11.4. The molecule has 5 N–H and O–H groups in total. The summed E-state index contributed by atoms with van der Waals surface area (Å²) >= 11 is 4.65. The van der Waals surface area contributed by atoms with Crippen molar-refractivity contribution in [2.45, 2.75) is 6.92 Å². The molecule has 2 rings (SSSR count). The Hall–Kier alpha value is -2.61. The summed E-state index contributed by atoms with van der Waals surface area (Å²) in [7, 11) is 0. The first-order valence-electron chi connectivity index (χ1n) is 6.11. The minimum absolute atomic E-state index is 0.00329. The highest BCUT2D eigenvalue weighted by Crippen LogP contribution is 2.20. The molecule has 0 bridgehead atoms. The number of carbonyl (C=O) groups is 1. The van der Waals surface area contributed by atoms with Gasteiger partial charge in [0.2, 0.25) is 5.55 Å². The second kappa shape index (κ2) is 6.23. The summed E-state index contributed by atoms with van der Waals surface area (Å²) in [5.74, 6) is -0.0214. The molecular formula is C13H14N4O3S. The van der Waals surface area contributed by atoms with Crippen LogP contribution in [-0.2, 0) is 0 Å². The SMILES string of the molecule is CCOc1ccc2cc(C(N)=O)c(=NNC(N)=S)oc2c1. The van der Waals surface area contributed by atoms with Gasteiger partial charge in [0, 0.05) is 11.5 Å². The maximum absolute atomic E-state index is 11.5. The van der Waals surface area contributed by atoms with E-state index in [0.29, 0.717) is 23.3 Å². The number of ether oxygens (including phenoxy) is 1. The fourth-order valence-electron chi connectivity index (χ4n) is 1.72. The summed E-state index contributed by atoms with van der Waals surface area (Å²) < 4.78 is 11.0. The maximum Gasteiger partial charge on any atom is 0.254 e. The van der Waals surface area contributed by atoms with Crippen molar-refractivity contribution in [3.05, 3.63) is 35.4 Å². The number of thiocarbonyl (C=S) groups is 1. The first-order valence-corrected chi connectivity index (χ1v) is 6.51. The highest BCUT2D eigenvalue weighted by molar-refractivity contribution is 7.80. The number of hydrogen-bond acceptors (Lipinski definition) is 5. The van der Waals surface area contributed by atoms with Gasteiger partial charge < -0.3 is 20.6 Å². The Kier molecular flexibility index (Phi) is 4.39. The molecule has 0 fully saturated rings. The summed E-state index contributed by atoms with van der Waals surface area (Å²) in [5, 5.41) is 4.47. The molecule has 0 aliphatic heterocycles. The van der Waals surface area contributed by atoms with Crippen LogP contribution >= 0.6 is 12.2 Å². The van der Waals surface area contributed by atoms with E-state index < -0.39 is 5.91 Å². The van der Waals surface area contributed by atoms with Gasteiger partial charge in [-0.2, -0.15) is 0 Å². The van der Waals surface area contributed by atoms with Gasteiger partial charge in [0.15, 0.2) is 5.11 Å². The zero-order chi connectivity index (χ0) is 15.4. The third-order valence-corrected chi connectivity index (χ3v) is 2.66. The molecule has 0 saturated carbocycles. The molecule has 0 aliphatic carbocycles. The van der Waals surface area contributed by atoms with Gasteiger partial charge in [-0.15, -0.1) is 5.10 Å². The third-order valence-electron chi connectivity index (χ3n) is 2.57. The fraction of sp³-hybridized carbons (Fsp3) is 0.154. The molecule has 0 unspecified atom stereocenters. The molecule has 1 aromatic carbocycles. The summed E-state index contributed by atoms with van der Waals surface area (Å²) in [6, 6.07) is 6.82. The Morgan fingerprint density at radius 1 is 1.43 bits per heavy atom. The topological polar surface area (TPSA) is 116 Å². The molecule has 8 heteroatoms. The standard InChI is InChI=1S/C13H14N4O3S/c1-2-19-8-4-3-7-5-9(11(14)18)12(16-17-13(15)21)20-10(7)6-8/h3-6H,2H2,1H3,(H2,14,18)(H3,15,17,21). The largest absolute Gasteiger partial charge is 0.494 e. The molecule has 1 aromatic heterocycles. The molecule has 2 aromatic rings. The Bertz CT molecular complexity index is 770. The average Bonchev–Trinajstić information content (AvgIpc) is 2.44. The number of fused-ring (bicyclic) bond motifs is 1. The molecule has 0 radical (unpaired) electrons. The van der Waals surface area contributed by atoms with Crippen LogP contribution in [0.1, 0.15) is 17.3 Å². The van der Waals surface area contributed by atoms with Crippen LogP contribution < -0.4 is 27.2 Å². The van der Waals surface area contributed by atoms with Crippen LogP contribution in [-0.4, -0.2) is 17.6 Å². The van der Waals surface area contributed by atoms with Gasteiger partial charge in [-0.05, 0) is 37.3 Å². The van der Waals surface area contributed by atoms with E-state index >= 15 is 0 Å². The zero-order valence-corrected chi connectivity index (χ0v) is 12.1. The van der Waals surface area contributed by atoms with Crippen molar-refractivity contribution < 1.29 is 13.9 Å². The predicted molar refractivity (Wildman–Crippen MR) is 81.4 cm³/mol. The van der Waals surface area contributed by atoms with E-state index in [0.717, 1.165) is 0 Å². The van der Waals surface area contributed by atoms with Crippen molar-refractivity contribution in [2.75, 3.05) is 6.61 Å². The van der Waals surface area contributed by atoms with Crippen LogP contribution in [0.15, 0.2) is 33.8 Å². The summed E-state index contributed by atoms with van der Waals surface area (Å²) in [4.78, 5) is 11.5. The van der Waals surface area contributed by atoms with E-state index in [-0.39, 0.29) is 16.2 Å². The number of amides is 1. The second-order valence-electron chi connectivity index (χ2n) is 4.05. The minimum Gasteiger partial charge on any atom is -0.494 e. The first kappa shape index (κ1) is 14.8. The quantitative estimate of drug-likeness (QED) is 0.562. The minimum atomic E-state index is -0.668. The lowest BCUT2D eigenvalue weighted by Gasteiger charge is -2.05. The first-order chi connectivity index (χ1) is 10.0. The van der Waals surface area contributed by atoms with Gasteiger partial charge >= 0.3 is 0 Å². The second-order valence-corrected chi connectivity index (χ2v) is 4.49. The van der Waals surface area contributed by atoms with Crippen LogP contribution in [0.5, 0.6) is 5.75 Å². The summed E-state index contributed by atoms with van der Waals surface area (Å²) in [6.07, 6.45) is 0. The number of carbonyl (C=O) groups excluding carboxylic acids is 1. The monoisotopic (exact) mass is 306 g/mol. The number of nitrogens with two attached hydrogens (primary N) is 2. The predicted octanol–water partition coefficient (Wildman–Crippen LogP) is 0.579. The van der Waals surface area contributed by atoms with Crippen molar-refractivity contribution in [1.82, 2.24) is 5.43 Å². The Balaban J connectivity index is 2.63. The molecule has 1 amide bonds. The number of nitrogens with zero attached hydrogens (tertiary/aromatic N) is 1. The Morgan fingerprint density at radius 3 is 2.81 bits per heavy atom. The van der Waals surface area contributed by atoms with Crippen LogP contribution in [0.25, 0.3) is 11.0 Å². The molecule has 0 spiro atoms. The van der Waals surface area contributed by atoms with E-state index in [1.807, 2.05) is 6.92 Å². The molecular weight excluding hydrogens is 292 g/mol. The lowest BCUT2D eigenvalue weighted by Crippen LogP contribution is -2.29. The molecule has 0 atom stereocenters. The molecule has 21 heavy (non-hydrogen) atoms. The summed E-state index contributed by atoms with van der Waals surface area (Å²) in [6.45, 7) is 2.41. The van der Waals surface area contributed by atoms with E-state index in [9.17, 15) is 4.79 Å². The highest BCUT2D eigenvalue weighted by atomic mass is 32.1. The molecule has 7 nitrogen and oxygen atoms in total. The number of primary amides is 1. The van der Waals surface area contributed by atoms with Crippen molar-refractivity contribution in [2.24, 2.45) is 16.6 Å². The van der Waals surface area contributed by atoms with Crippen molar-refractivity contribution in [3.8, 4) is 5.75 Å². The van der Waals surface area contributed by atoms with Gasteiger partial charge in [0.1, 0.15) is 16.9 Å². The molecule has 0 aliphatic rings. The molecule has 1 heterocycles. The average molecular weight is 306 g/mol. The summed E-state index contributed by atoms with van der Waals surface area (Å²) in [5.41, 5.74) is 13.6. The van der Waals surface area contributed by atoms with Gasteiger partial charge in [0.05, 0.1) is 6.61 Å². The Labute approximate surface area is 125 Å². The number of benzene rings is 1. The third kappa shape index (κ3) is 3.48. The number of hydrogen-bond donors (Lipinski definition) is 3. The van der Waals surface area contributed by atoms with E-state index in [1.54, 1.807) is 24.3 Å². The van der Waals surface area contributed by atoms with E-state index in [2.05, 4.69) is 22.7 Å². The van der Waals surface area contributed by atoms with Gasteiger partial charge in [0.25, 0.3) is 5.91 Å².